The Hall–Kier alpha value is -3.63. The first-order chi connectivity index (χ1) is 16.1. The van der Waals surface area contributed by atoms with Crippen LogP contribution in [0.3, 0.4) is 0 Å². The third-order valence-corrected chi connectivity index (χ3v) is 5.25. The van der Waals surface area contributed by atoms with Gasteiger partial charge in [0.15, 0.2) is 18.1 Å². The van der Waals surface area contributed by atoms with Crippen LogP contribution in [-0.4, -0.2) is 52.5 Å². The van der Waals surface area contributed by atoms with Gasteiger partial charge >= 0.3 is 6.18 Å². The summed E-state index contributed by atoms with van der Waals surface area (Å²) in [6.45, 7) is -1.04. The lowest BCUT2D eigenvalue weighted by molar-refractivity contribution is -0.153. The average molecular weight is 482 g/mol. The fraction of sp³-hybridized carbons (Fsp3) is 0.391. The molecular formula is C23H25F3N2O6. The number of halogens is 3. The first-order valence-electron chi connectivity index (χ1n) is 10.3. The van der Waals surface area contributed by atoms with Gasteiger partial charge in [0.25, 0.3) is 0 Å². The maximum absolute atomic E-state index is 12.7. The molecule has 1 fully saturated rings. The van der Waals surface area contributed by atoms with E-state index < -0.39 is 18.7 Å². The Morgan fingerprint density at radius 1 is 1.06 bits per heavy atom. The Balaban J connectivity index is 1.60. The van der Waals surface area contributed by atoms with Crippen molar-refractivity contribution >= 4 is 17.5 Å². The molecule has 1 heterocycles. The number of rotatable bonds is 9. The third kappa shape index (κ3) is 6.03. The Kier molecular flexibility index (Phi) is 7.75. The van der Waals surface area contributed by atoms with Gasteiger partial charge in [-0.3, -0.25) is 9.59 Å². The molecule has 1 N–H and O–H groups in total. The molecule has 11 heteroatoms. The summed E-state index contributed by atoms with van der Waals surface area (Å²) in [6, 6.07) is 9.21. The zero-order chi connectivity index (χ0) is 24.9. The average Bonchev–Trinajstić information content (AvgIpc) is 3.22. The topological polar surface area (TPSA) is 86.3 Å². The van der Waals surface area contributed by atoms with Crippen LogP contribution in [0.15, 0.2) is 36.4 Å². The number of nitrogens with zero attached hydrogens (tertiary/aromatic N) is 1. The summed E-state index contributed by atoms with van der Waals surface area (Å²) >= 11 is 0. The molecule has 1 unspecified atom stereocenters. The van der Waals surface area contributed by atoms with Crippen molar-refractivity contribution in [2.45, 2.75) is 19.1 Å². The van der Waals surface area contributed by atoms with Gasteiger partial charge < -0.3 is 29.2 Å². The van der Waals surface area contributed by atoms with Crippen LogP contribution in [0.2, 0.25) is 0 Å². The van der Waals surface area contributed by atoms with Gasteiger partial charge in [-0.25, -0.2) is 0 Å². The van der Waals surface area contributed by atoms with Gasteiger partial charge in [0.2, 0.25) is 17.6 Å². The predicted molar refractivity (Wildman–Crippen MR) is 116 cm³/mol. The highest BCUT2D eigenvalue weighted by atomic mass is 19.4. The van der Waals surface area contributed by atoms with Crippen LogP contribution in [0.5, 0.6) is 23.0 Å². The van der Waals surface area contributed by atoms with Crippen molar-refractivity contribution in [2.75, 3.05) is 39.4 Å². The summed E-state index contributed by atoms with van der Waals surface area (Å²) in [4.78, 5) is 26.8. The molecule has 1 atom stereocenters. The van der Waals surface area contributed by atoms with Crippen molar-refractivity contribution in [1.82, 2.24) is 5.32 Å². The number of methoxy groups -OCH3 is 3. The van der Waals surface area contributed by atoms with Crippen LogP contribution in [0.1, 0.15) is 12.0 Å². The smallest absolute Gasteiger partial charge is 0.422 e. The Morgan fingerprint density at radius 2 is 1.68 bits per heavy atom. The van der Waals surface area contributed by atoms with Crippen LogP contribution >= 0.6 is 0 Å². The Morgan fingerprint density at radius 3 is 2.21 bits per heavy atom. The molecule has 0 bridgehead atoms. The second kappa shape index (κ2) is 10.5. The molecule has 184 valence electrons. The minimum absolute atomic E-state index is 0.0344. The van der Waals surface area contributed by atoms with E-state index in [4.69, 9.17) is 14.2 Å². The number of nitrogens with one attached hydrogen (secondary N) is 1. The molecule has 3 rings (SSSR count). The van der Waals surface area contributed by atoms with Crippen molar-refractivity contribution in [2.24, 2.45) is 5.92 Å². The minimum atomic E-state index is -4.42. The molecule has 0 saturated carbocycles. The van der Waals surface area contributed by atoms with E-state index in [9.17, 15) is 22.8 Å². The molecule has 34 heavy (non-hydrogen) atoms. The van der Waals surface area contributed by atoms with Gasteiger partial charge in [0, 0.05) is 31.6 Å². The number of amides is 2. The molecule has 0 aliphatic carbocycles. The van der Waals surface area contributed by atoms with Crippen LogP contribution in [0.25, 0.3) is 0 Å². The Bertz CT molecular complexity index is 1000. The second-order valence-electron chi connectivity index (χ2n) is 7.55. The van der Waals surface area contributed by atoms with E-state index >= 15 is 0 Å². The normalized spacial score (nSPS) is 15.8. The zero-order valence-electron chi connectivity index (χ0n) is 18.9. The lowest BCUT2D eigenvalue weighted by atomic mass is 10.1. The highest BCUT2D eigenvalue weighted by Crippen LogP contribution is 2.42. The fourth-order valence-electron chi connectivity index (χ4n) is 3.56. The second-order valence-corrected chi connectivity index (χ2v) is 7.55. The third-order valence-electron chi connectivity index (χ3n) is 5.25. The SMILES string of the molecule is COc1cc(N2CC(C(=O)NCc3ccc(OCC(F)(F)F)cc3)CC2=O)cc(OC)c1OC. The monoisotopic (exact) mass is 482 g/mol. The van der Waals surface area contributed by atoms with Gasteiger partial charge in [-0.05, 0) is 17.7 Å². The maximum atomic E-state index is 12.7. The number of carbonyl (C=O) groups is 2. The van der Waals surface area contributed by atoms with E-state index in [0.29, 0.717) is 28.5 Å². The van der Waals surface area contributed by atoms with E-state index in [1.165, 1.54) is 38.4 Å². The van der Waals surface area contributed by atoms with Crippen LogP contribution in [0, 0.1) is 5.92 Å². The molecule has 1 aliphatic rings. The standard InChI is InChI=1S/C23H25F3N2O6/c1-31-18-9-16(10-19(32-2)21(18)33-3)28-12-15(8-20(28)29)22(30)27-11-14-4-6-17(7-5-14)34-13-23(24,25)26/h4-7,9-10,15H,8,11-13H2,1-3H3,(H,27,30). The highest BCUT2D eigenvalue weighted by Gasteiger charge is 2.36. The van der Waals surface area contributed by atoms with Crippen molar-refractivity contribution in [1.29, 1.82) is 0 Å². The highest BCUT2D eigenvalue weighted by molar-refractivity contribution is 6.00. The molecule has 2 aromatic carbocycles. The van der Waals surface area contributed by atoms with Crippen LogP contribution in [0.4, 0.5) is 18.9 Å². The lowest BCUT2D eigenvalue weighted by Crippen LogP contribution is -2.32. The van der Waals surface area contributed by atoms with Gasteiger partial charge in [-0.2, -0.15) is 13.2 Å². The molecule has 1 aliphatic heterocycles. The molecule has 2 amide bonds. The van der Waals surface area contributed by atoms with Crippen LogP contribution in [-0.2, 0) is 16.1 Å². The maximum Gasteiger partial charge on any atom is 0.422 e. The number of carbonyl (C=O) groups excluding carboxylic acids is 2. The molecule has 1 saturated heterocycles. The van der Waals surface area contributed by atoms with Gasteiger partial charge in [0.05, 0.1) is 32.9 Å². The van der Waals surface area contributed by atoms with Crippen molar-refractivity contribution in [3.63, 3.8) is 0 Å². The number of ether oxygens (including phenoxy) is 4. The van der Waals surface area contributed by atoms with Gasteiger partial charge in [0.1, 0.15) is 5.75 Å². The number of benzene rings is 2. The minimum Gasteiger partial charge on any atom is -0.493 e. The summed E-state index contributed by atoms with van der Waals surface area (Å²) in [7, 11) is 4.42. The van der Waals surface area contributed by atoms with Crippen LogP contribution < -0.4 is 29.2 Å². The molecule has 2 aromatic rings. The van der Waals surface area contributed by atoms with Gasteiger partial charge in [-0.15, -0.1) is 0 Å². The number of alkyl halides is 3. The largest absolute Gasteiger partial charge is 0.493 e. The lowest BCUT2D eigenvalue weighted by Gasteiger charge is -2.20. The van der Waals surface area contributed by atoms with E-state index in [1.54, 1.807) is 24.3 Å². The summed E-state index contributed by atoms with van der Waals surface area (Å²) in [5, 5.41) is 2.76. The predicted octanol–water partition coefficient (Wildman–Crippen LogP) is 3.32. The summed E-state index contributed by atoms with van der Waals surface area (Å²) < 4.78 is 57.3. The first kappa shape index (κ1) is 25.0. The molecule has 0 spiro atoms. The molecular weight excluding hydrogens is 457 g/mol. The molecule has 8 nitrogen and oxygen atoms in total. The number of hydrogen-bond donors (Lipinski definition) is 1. The van der Waals surface area contributed by atoms with E-state index in [1.807, 2.05) is 0 Å². The summed E-state index contributed by atoms with van der Waals surface area (Å²) in [5.74, 6) is 0.155. The van der Waals surface area contributed by atoms with E-state index in [2.05, 4.69) is 10.1 Å². The van der Waals surface area contributed by atoms with E-state index in [-0.39, 0.29) is 37.1 Å². The fourth-order valence-corrected chi connectivity index (χ4v) is 3.56. The van der Waals surface area contributed by atoms with Gasteiger partial charge in [-0.1, -0.05) is 12.1 Å². The van der Waals surface area contributed by atoms with Crippen molar-refractivity contribution < 1.29 is 41.7 Å². The molecule has 0 aromatic heterocycles. The Labute approximate surface area is 194 Å². The molecule has 0 radical (unpaired) electrons. The number of hydrogen-bond acceptors (Lipinski definition) is 6. The summed E-state index contributed by atoms with van der Waals surface area (Å²) in [5.41, 5.74) is 1.20. The quantitative estimate of drug-likeness (QED) is 0.590. The summed E-state index contributed by atoms with van der Waals surface area (Å²) in [6.07, 6.45) is -4.38. The van der Waals surface area contributed by atoms with Crippen molar-refractivity contribution in [3.8, 4) is 23.0 Å². The number of anilines is 1. The zero-order valence-corrected chi connectivity index (χ0v) is 18.9. The van der Waals surface area contributed by atoms with Crippen molar-refractivity contribution in [3.05, 3.63) is 42.0 Å². The first-order valence-corrected chi connectivity index (χ1v) is 10.3. The van der Waals surface area contributed by atoms with E-state index in [0.717, 1.165) is 0 Å².